The highest BCUT2D eigenvalue weighted by molar-refractivity contribution is 5.79. The van der Waals surface area contributed by atoms with Crippen molar-refractivity contribution in [1.29, 1.82) is 0 Å². The number of rotatable bonds is 5. The number of nitrogens with one attached hydrogen (secondary N) is 1. The second-order valence-electron chi connectivity index (χ2n) is 5.73. The number of aryl methyl sites for hydroxylation is 2. The first kappa shape index (κ1) is 16.2. The SMILES string of the molecule is CC/C=C(/c1ccc(NC)cc1)N(C)c1cc(C)cc(C)c1. The van der Waals surface area contributed by atoms with Gasteiger partial charge in [0.2, 0.25) is 0 Å². The standard InChI is InChI=1S/C20H26N2/c1-6-7-20(17-8-10-18(21-4)11-9-17)22(5)19-13-15(2)12-16(3)14-19/h7-14,21H,6H2,1-5H3/b20-7-. The molecule has 2 nitrogen and oxygen atoms in total. The molecule has 0 radical (unpaired) electrons. The largest absolute Gasteiger partial charge is 0.388 e. The van der Waals surface area contributed by atoms with E-state index in [4.69, 9.17) is 0 Å². The predicted octanol–water partition coefficient (Wildman–Crippen LogP) is 5.23. The summed E-state index contributed by atoms with van der Waals surface area (Å²) in [7, 11) is 4.08. The number of anilines is 2. The maximum atomic E-state index is 3.17. The van der Waals surface area contributed by atoms with Crippen molar-refractivity contribution in [2.45, 2.75) is 27.2 Å². The minimum Gasteiger partial charge on any atom is -0.388 e. The summed E-state index contributed by atoms with van der Waals surface area (Å²) in [5.41, 5.74) is 7.44. The summed E-state index contributed by atoms with van der Waals surface area (Å²) in [4.78, 5) is 2.28. The average molecular weight is 294 g/mol. The Morgan fingerprint density at radius 1 is 1.05 bits per heavy atom. The highest BCUT2D eigenvalue weighted by atomic mass is 15.1. The molecule has 2 aromatic rings. The molecule has 0 aromatic heterocycles. The molecule has 0 saturated heterocycles. The van der Waals surface area contributed by atoms with Crippen LogP contribution >= 0.6 is 0 Å². The van der Waals surface area contributed by atoms with Crippen LogP contribution in [0.3, 0.4) is 0 Å². The minimum atomic E-state index is 1.01. The van der Waals surface area contributed by atoms with E-state index in [9.17, 15) is 0 Å². The van der Waals surface area contributed by atoms with Crippen molar-refractivity contribution in [2.75, 3.05) is 24.3 Å². The first-order valence-corrected chi connectivity index (χ1v) is 7.85. The lowest BCUT2D eigenvalue weighted by Gasteiger charge is -2.24. The summed E-state index contributed by atoms with van der Waals surface area (Å²) in [6, 6.07) is 15.3. The normalized spacial score (nSPS) is 11.4. The summed E-state index contributed by atoms with van der Waals surface area (Å²) in [6.45, 7) is 6.47. The lowest BCUT2D eigenvalue weighted by molar-refractivity contribution is 1.16. The van der Waals surface area contributed by atoms with Crippen molar-refractivity contribution in [3.8, 4) is 0 Å². The molecule has 1 N–H and O–H groups in total. The lowest BCUT2D eigenvalue weighted by Crippen LogP contribution is -2.15. The Kier molecular flexibility index (Phi) is 5.26. The fourth-order valence-electron chi connectivity index (χ4n) is 2.73. The molecule has 0 fully saturated rings. The van der Waals surface area contributed by atoms with Gasteiger partial charge in [-0.25, -0.2) is 0 Å². The van der Waals surface area contributed by atoms with Gasteiger partial charge in [0.1, 0.15) is 0 Å². The van der Waals surface area contributed by atoms with Gasteiger partial charge >= 0.3 is 0 Å². The van der Waals surface area contributed by atoms with Crippen LogP contribution in [0.15, 0.2) is 48.5 Å². The van der Waals surface area contributed by atoms with Crippen LogP contribution in [-0.4, -0.2) is 14.1 Å². The molecule has 2 aromatic carbocycles. The summed E-state index contributed by atoms with van der Waals surface area (Å²) < 4.78 is 0. The van der Waals surface area contributed by atoms with Gasteiger partial charge in [-0.15, -0.1) is 0 Å². The van der Waals surface area contributed by atoms with Crippen molar-refractivity contribution in [3.63, 3.8) is 0 Å². The van der Waals surface area contributed by atoms with Gasteiger partial charge in [0, 0.05) is 31.2 Å². The molecule has 0 aliphatic rings. The second-order valence-corrected chi connectivity index (χ2v) is 5.73. The molecule has 0 amide bonds. The van der Waals surface area contributed by atoms with E-state index in [2.05, 4.69) is 86.6 Å². The van der Waals surface area contributed by atoms with Gasteiger partial charge in [0.05, 0.1) is 0 Å². The first-order chi connectivity index (χ1) is 10.5. The smallest absolute Gasteiger partial charge is 0.0441 e. The highest BCUT2D eigenvalue weighted by Gasteiger charge is 2.10. The van der Waals surface area contributed by atoms with Crippen molar-refractivity contribution in [1.82, 2.24) is 0 Å². The fourth-order valence-corrected chi connectivity index (χ4v) is 2.73. The van der Waals surface area contributed by atoms with Crippen LogP contribution in [0.1, 0.15) is 30.0 Å². The summed E-state index contributed by atoms with van der Waals surface area (Å²) in [6.07, 6.45) is 3.30. The molecule has 116 valence electrons. The second kappa shape index (κ2) is 7.17. The maximum Gasteiger partial charge on any atom is 0.0441 e. The third kappa shape index (κ3) is 3.70. The van der Waals surface area contributed by atoms with E-state index in [1.165, 1.54) is 28.1 Å². The molecule has 0 unspecified atom stereocenters. The van der Waals surface area contributed by atoms with Crippen molar-refractivity contribution >= 4 is 17.1 Å². The Morgan fingerprint density at radius 2 is 1.64 bits per heavy atom. The van der Waals surface area contributed by atoms with Crippen LogP contribution in [0.25, 0.3) is 5.70 Å². The Labute approximate surface area is 134 Å². The molecule has 0 spiro atoms. The zero-order chi connectivity index (χ0) is 16.1. The van der Waals surface area contributed by atoms with E-state index < -0.39 is 0 Å². The Morgan fingerprint density at radius 3 is 2.14 bits per heavy atom. The topological polar surface area (TPSA) is 15.3 Å². The monoisotopic (exact) mass is 294 g/mol. The van der Waals surface area contributed by atoms with Crippen LogP contribution in [0, 0.1) is 13.8 Å². The van der Waals surface area contributed by atoms with Gasteiger partial charge in [-0.05, 0) is 61.2 Å². The Balaban J connectivity index is 2.40. The first-order valence-electron chi connectivity index (χ1n) is 7.85. The molecule has 2 heteroatoms. The van der Waals surface area contributed by atoms with Crippen LogP contribution in [0.2, 0.25) is 0 Å². The maximum absolute atomic E-state index is 3.17. The molecule has 0 heterocycles. The number of benzene rings is 2. The molecule has 0 bridgehead atoms. The molecule has 0 atom stereocenters. The number of hydrogen-bond donors (Lipinski definition) is 1. The summed E-state index contributed by atoms with van der Waals surface area (Å²) >= 11 is 0. The number of nitrogens with zero attached hydrogens (tertiary/aromatic N) is 1. The summed E-state index contributed by atoms with van der Waals surface area (Å²) in [5, 5.41) is 3.17. The molecular weight excluding hydrogens is 268 g/mol. The third-order valence-electron chi connectivity index (χ3n) is 3.82. The molecule has 0 aliphatic heterocycles. The fraction of sp³-hybridized carbons (Fsp3) is 0.300. The number of allylic oxidation sites excluding steroid dienone is 1. The van der Waals surface area contributed by atoms with Crippen LogP contribution in [0.5, 0.6) is 0 Å². The summed E-state index contributed by atoms with van der Waals surface area (Å²) in [5.74, 6) is 0. The van der Waals surface area contributed by atoms with Gasteiger partial charge in [-0.2, -0.15) is 0 Å². The third-order valence-corrected chi connectivity index (χ3v) is 3.82. The number of hydrogen-bond acceptors (Lipinski definition) is 2. The zero-order valence-electron chi connectivity index (χ0n) is 14.3. The van der Waals surface area contributed by atoms with Gasteiger partial charge in [-0.3, -0.25) is 0 Å². The van der Waals surface area contributed by atoms with Crippen molar-refractivity contribution in [3.05, 3.63) is 65.2 Å². The average Bonchev–Trinajstić information content (AvgIpc) is 2.51. The van der Waals surface area contributed by atoms with Crippen LogP contribution in [-0.2, 0) is 0 Å². The van der Waals surface area contributed by atoms with E-state index in [0.29, 0.717) is 0 Å². The molecule has 2 rings (SSSR count). The molecule has 0 aliphatic carbocycles. The van der Waals surface area contributed by atoms with E-state index in [-0.39, 0.29) is 0 Å². The molecule has 22 heavy (non-hydrogen) atoms. The molecule has 0 saturated carbocycles. The van der Waals surface area contributed by atoms with Crippen LogP contribution in [0.4, 0.5) is 11.4 Å². The zero-order valence-corrected chi connectivity index (χ0v) is 14.3. The Hall–Kier alpha value is -2.22. The lowest BCUT2D eigenvalue weighted by atomic mass is 10.1. The van der Waals surface area contributed by atoms with Gasteiger partial charge in [0.15, 0.2) is 0 Å². The minimum absolute atomic E-state index is 1.01. The highest BCUT2D eigenvalue weighted by Crippen LogP contribution is 2.27. The van der Waals surface area contributed by atoms with E-state index >= 15 is 0 Å². The van der Waals surface area contributed by atoms with Crippen molar-refractivity contribution < 1.29 is 0 Å². The van der Waals surface area contributed by atoms with Crippen LogP contribution < -0.4 is 10.2 Å². The predicted molar refractivity (Wildman–Crippen MR) is 98.6 cm³/mol. The van der Waals surface area contributed by atoms with E-state index in [1.54, 1.807) is 0 Å². The molecular formula is C20H26N2. The van der Waals surface area contributed by atoms with Gasteiger partial charge < -0.3 is 10.2 Å². The van der Waals surface area contributed by atoms with Gasteiger partial charge in [0.25, 0.3) is 0 Å². The van der Waals surface area contributed by atoms with E-state index in [1.807, 2.05) is 7.05 Å². The van der Waals surface area contributed by atoms with Gasteiger partial charge in [-0.1, -0.05) is 31.2 Å². The quantitative estimate of drug-likeness (QED) is 0.812. The van der Waals surface area contributed by atoms with Crippen molar-refractivity contribution in [2.24, 2.45) is 0 Å². The van der Waals surface area contributed by atoms with E-state index in [0.717, 1.165) is 12.1 Å². The Bertz CT molecular complexity index is 634.